The molecular formula is C19H17N3O5S. The van der Waals surface area contributed by atoms with Crippen LogP contribution in [0, 0.1) is 6.92 Å². The molecule has 1 aromatic heterocycles. The maximum absolute atomic E-state index is 12.3. The predicted octanol–water partition coefficient (Wildman–Crippen LogP) is 1.92. The van der Waals surface area contributed by atoms with Crippen LogP contribution in [0.1, 0.15) is 11.1 Å². The summed E-state index contributed by atoms with van der Waals surface area (Å²) in [5.74, 6) is 1.16. The van der Waals surface area contributed by atoms with Gasteiger partial charge in [0, 0.05) is 11.5 Å². The minimum atomic E-state index is -3.81. The zero-order valence-corrected chi connectivity index (χ0v) is 15.7. The maximum atomic E-state index is 12.3. The van der Waals surface area contributed by atoms with Crippen LogP contribution in [0.4, 0.5) is 0 Å². The molecule has 8 nitrogen and oxygen atoms in total. The van der Waals surface area contributed by atoms with E-state index in [0.717, 1.165) is 5.56 Å². The minimum Gasteiger partial charge on any atom is -0.486 e. The van der Waals surface area contributed by atoms with Crippen molar-refractivity contribution in [3.8, 4) is 11.5 Å². The molecule has 4 rings (SSSR count). The molecule has 0 saturated carbocycles. The Balaban J connectivity index is 1.61. The summed E-state index contributed by atoms with van der Waals surface area (Å²) in [4.78, 5) is 17.2. The summed E-state index contributed by atoms with van der Waals surface area (Å²) in [6, 6.07) is 11.4. The number of sulfonamides is 1. The van der Waals surface area contributed by atoms with Crippen LogP contribution in [-0.4, -0.2) is 32.8 Å². The topological polar surface area (TPSA) is 110 Å². The fourth-order valence-electron chi connectivity index (χ4n) is 2.79. The number of rotatable bonds is 4. The smallest absolute Gasteiger partial charge is 0.276 e. The molecular weight excluding hydrogens is 382 g/mol. The van der Waals surface area contributed by atoms with Crippen molar-refractivity contribution in [1.82, 2.24) is 9.82 Å². The third kappa shape index (κ3) is 3.56. The van der Waals surface area contributed by atoms with Gasteiger partial charge in [-0.15, -0.1) is 0 Å². The summed E-state index contributed by atoms with van der Waals surface area (Å²) in [5.41, 5.74) is 1.34. The summed E-state index contributed by atoms with van der Waals surface area (Å²) >= 11 is 0. The number of benzene rings is 2. The second kappa shape index (κ2) is 7.01. The van der Waals surface area contributed by atoms with Gasteiger partial charge in [-0.1, -0.05) is 17.7 Å². The fourth-order valence-corrected chi connectivity index (χ4v) is 3.58. The molecule has 0 bridgehead atoms. The van der Waals surface area contributed by atoms with E-state index in [1.165, 1.54) is 18.3 Å². The number of H-pyrrole nitrogens is 1. The summed E-state index contributed by atoms with van der Waals surface area (Å²) in [5, 5.41) is 4.44. The van der Waals surface area contributed by atoms with Crippen molar-refractivity contribution in [2.75, 3.05) is 13.2 Å². The second-order valence-electron chi connectivity index (χ2n) is 6.30. The van der Waals surface area contributed by atoms with Crippen molar-refractivity contribution in [3.63, 3.8) is 0 Å². The maximum Gasteiger partial charge on any atom is 0.276 e. The van der Waals surface area contributed by atoms with E-state index in [4.69, 9.17) is 9.47 Å². The molecule has 0 amide bonds. The van der Waals surface area contributed by atoms with E-state index < -0.39 is 15.6 Å². The second-order valence-corrected chi connectivity index (χ2v) is 7.96. The Hall–Kier alpha value is -3.33. The Labute approximate surface area is 160 Å². The molecule has 0 fully saturated rings. The quantitative estimate of drug-likeness (QED) is 0.515. The zero-order chi connectivity index (χ0) is 19.7. The molecule has 0 radical (unpaired) electrons. The van der Waals surface area contributed by atoms with Crippen molar-refractivity contribution in [1.29, 1.82) is 0 Å². The summed E-state index contributed by atoms with van der Waals surface area (Å²) in [6.45, 7) is 2.77. The number of hydrogen-bond donors (Lipinski definition) is 2. The largest absolute Gasteiger partial charge is 0.486 e. The van der Waals surface area contributed by atoms with Crippen LogP contribution in [0.3, 0.4) is 0 Å². The number of nitrogens with zero attached hydrogens (tertiary/aromatic N) is 1. The number of ether oxygens (including phenoxy) is 2. The first-order valence-electron chi connectivity index (χ1n) is 8.51. The molecule has 0 unspecified atom stereocenters. The number of fused-ring (bicyclic) bond motifs is 2. The molecule has 1 aliphatic heterocycles. The van der Waals surface area contributed by atoms with Gasteiger partial charge in [-0.2, -0.15) is 13.5 Å². The van der Waals surface area contributed by atoms with Crippen molar-refractivity contribution in [3.05, 3.63) is 63.9 Å². The van der Waals surface area contributed by atoms with Crippen LogP contribution in [-0.2, 0) is 10.0 Å². The lowest BCUT2D eigenvalue weighted by molar-refractivity contribution is 0.172. The van der Waals surface area contributed by atoms with Gasteiger partial charge in [-0.05, 0) is 31.2 Å². The third-order valence-electron chi connectivity index (χ3n) is 4.24. The van der Waals surface area contributed by atoms with Crippen LogP contribution in [0.15, 0.2) is 57.3 Å². The van der Waals surface area contributed by atoms with Gasteiger partial charge in [0.25, 0.3) is 15.6 Å². The molecule has 9 heteroatoms. The zero-order valence-electron chi connectivity index (χ0n) is 14.9. The first kappa shape index (κ1) is 18.1. The van der Waals surface area contributed by atoms with Gasteiger partial charge >= 0.3 is 0 Å². The third-order valence-corrected chi connectivity index (χ3v) is 5.48. The fraction of sp³-hybridized carbons (Fsp3) is 0.158. The highest BCUT2D eigenvalue weighted by molar-refractivity contribution is 7.89. The SMILES string of the molecule is Cc1ccc(S(=O)(=O)N/N=C\c2cc3cc4c(cc3[nH]c2=O)OCCO4)cc1. The number of aromatic nitrogens is 1. The van der Waals surface area contributed by atoms with E-state index in [1.807, 2.05) is 6.92 Å². The predicted molar refractivity (Wildman–Crippen MR) is 105 cm³/mol. The van der Waals surface area contributed by atoms with E-state index >= 15 is 0 Å². The molecule has 0 spiro atoms. The number of aromatic amines is 1. The van der Waals surface area contributed by atoms with Gasteiger partial charge in [0.15, 0.2) is 11.5 Å². The Bertz CT molecular complexity index is 1230. The number of nitrogens with one attached hydrogen (secondary N) is 2. The van der Waals surface area contributed by atoms with Crippen molar-refractivity contribution < 1.29 is 17.9 Å². The molecule has 2 heterocycles. The van der Waals surface area contributed by atoms with Gasteiger partial charge in [0.2, 0.25) is 0 Å². The van der Waals surface area contributed by atoms with Gasteiger partial charge < -0.3 is 14.5 Å². The number of aryl methyl sites for hydroxylation is 1. The van der Waals surface area contributed by atoms with Crippen molar-refractivity contribution in [2.45, 2.75) is 11.8 Å². The molecule has 2 N–H and O–H groups in total. The molecule has 0 aliphatic carbocycles. The van der Waals surface area contributed by atoms with Crippen LogP contribution >= 0.6 is 0 Å². The number of pyridine rings is 1. The van der Waals surface area contributed by atoms with Crippen LogP contribution < -0.4 is 19.9 Å². The molecule has 0 atom stereocenters. The van der Waals surface area contributed by atoms with Gasteiger partial charge in [-0.25, -0.2) is 4.83 Å². The highest BCUT2D eigenvalue weighted by Crippen LogP contribution is 2.33. The highest BCUT2D eigenvalue weighted by Gasteiger charge is 2.14. The summed E-state index contributed by atoms with van der Waals surface area (Å²) < 4.78 is 35.5. The molecule has 1 aliphatic rings. The molecule has 0 saturated heterocycles. The average molecular weight is 399 g/mol. The van der Waals surface area contributed by atoms with E-state index in [9.17, 15) is 13.2 Å². The summed E-state index contributed by atoms with van der Waals surface area (Å²) in [7, 11) is -3.81. The Kier molecular flexibility index (Phi) is 4.52. The van der Waals surface area contributed by atoms with E-state index in [2.05, 4.69) is 14.9 Å². The summed E-state index contributed by atoms with van der Waals surface area (Å²) in [6.07, 6.45) is 1.17. The van der Waals surface area contributed by atoms with E-state index in [0.29, 0.717) is 35.6 Å². The molecule has 28 heavy (non-hydrogen) atoms. The monoisotopic (exact) mass is 399 g/mol. The number of hydrazone groups is 1. The Morgan fingerprint density at radius 3 is 2.46 bits per heavy atom. The van der Waals surface area contributed by atoms with Gasteiger partial charge in [-0.3, -0.25) is 4.79 Å². The van der Waals surface area contributed by atoms with Crippen molar-refractivity contribution in [2.24, 2.45) is 5.10 Å². The van der Waals surface area contributed by atoms with Crippen LogP contribution in [0.5, 0.6) is 11.5 Å². The van der Waals surface area contributed by atoms with Gasteiger partial charge in [0.05, 0.1) is 22.2 Å². The minimum absolute atomic E-state index is 0.0893. The first-order chi connectivity index (χ1) is 13.4. The average Bonchev–Trinajstić information content (AvgIpc) is 2.67. The van der Waals surface area contributed by atoms with E-state index in [-0.39, 0.29) is 10.5 Å². The van der Waals surface area contributed by atoms with Crippen LogP contribution in [0.2, 0.25) is 0 Å². The number of hydrogen-bond acceptors (Lipinski definition) is 6. The molecule has 3 aromatic rings. The normalized spacial score (nSPS) is 13.8. The lowest BCUT2D eigenvalue weighted by Crippen LogP contribution is -2.20. The Morgan fingerprint density at radius 2 is 1.75 bits per heavy atom. The lowest BCUT2D eigenvalue weighted by atomic mass is 10.1. The van der Waals surface area contributed by atoms with Gasteiger partial charge in [0.1, 0.15) is 13.2 Å². The molecule has 2 aromatic carbocycles. The first-order valence-corrected chi connectivity index (χ1v) is 9.99. The van der Waals surface area contributed by atoms with E-state index in [1.54, 1.807) is 30.3 Å². The van der Waals surface area contributed by atoms with Crippen molar-refractivity contribution >= 4 is 27.1 Å². The standard InChI is InChI=1S/C19H17N3O5S/c1-12-2-4-15(5-3-12)28(24,25)22-20-11-14-8-13-9-17-18(27-7-6-26-17)10-16(13)21-19(14)23/h2-5,8-11,22H,6-7H2,1H3,(H,21,23)/b20-11-. The van der Waals surface area contributed by atoms with Crippen LogP contribution in [0.25, 0.3) is 10.9 Å². The highest BCUT2D eigenvalue weighted by atomic mass is 32.2. The lowest BCUT2D eigenvalue weighted by Gasteiger charge is -2.18. The molecule has 144 valence electrons. The Morgan fingerprint density at radius 1 is 1.07 bits per heavy atom.